The lowest BCUT2D eigenvalue weighted by atomic mass is 9.84. The van der Waals surface area contributed by atoms with E-state index in [0.29, 0.717) is 56.0 Å². The van der Waals surface area contributed by atoms with Crippen LogP contribution in [0.2, 0.25) is 0 Å². The summed E-state index contributed by atoms with van der Waals surface area (Å²) >= 11 is 0. The molecular weight excluding hydrogens is 526 g/mol. The summed E-state index contributed by atoms with van der Waals surface area (Å²) in [5, 5.41) is 10.3. The first-order valence-corrected chi connectivity index (χ1v) is 13.8. The first-order valence-electron chi connectivity index (χ1n) is 13.8. The van der Waals surface area contributed by atoms with Gasteiger partial charge in [0.05, 0.1) is 24.3 Å². The van der Waals surface area contributed by atoms with Crippen molar-refractivity contribution in [3.8, 4) is 5.75 Å². The number of carbonyl (C=O) groups excluding carboxylic acids is 1. The van der Waals surface area contributed by atoms with Crippen LogP contribution in [0.25, 0.3) is 0 Å². The third-order valence-electron chi connectivity index (χ3n) is 8.69. The Hall–Kier alpha value is -2.01. The predicted molar refractivity (Wildman–Crippen MR) is 133 cm³/mol. The molecule has 1 saturated carbocycles. The van der Waals surface area contributed by atoms with Gasteiger partial charge in [0, 0.05) is 25.1 Å². The Labute approximate surface area is 225 Å². The third-order valence-corrected chi connectivity index (χ3v) is 8.69. The van der Waals surface area contributed by atoms with Crippen LogP contribution in [0.15, 0.2) is 18.2 Å². The number of rotatable bonds is 9. The van der Waals surface area contributed by atoms with Crippen molar-refractivity contribution in [2.24, 2.45) is 23.7 Å². The van der Waals surface area contributed by atoms with Crippen molar-refractivity contribution >= 4 is 5.91 Å². The number of halogens is 6. The third kappa shape index (κ3) is 7.39. The molecule has 0 spiro atoms. The number of carbonyl (C=O) groups is 1. The molecule has 1 aliphatic carbocycles. The summed E-state index contributed by atoms with van der Waals surface area (Å²) in [7, 11) is 0. The number of likely N-dealkylation sites (tertiary alicyclic amines) is 2. The van der Waals surface area contributed by atoms with Crippen LogP contribution in [0.1, 0.15) is 62.7 Å². The zero-order valence-electron chi connectivity index (χ0n) is 22.5. The molecule has 2 heterocycles. The first-order chi connectivity index (χ1) is 18.2. The Balaban J connectivity index is 1.19. The normalized spacial score (nSPS) is 25.6. The molecule has 220 valence electrons. The monoisotopic (exact) mass is 564 g/mol. The number of nitrogens with zero attached hydrogens (tertiary/aromatic N) is 2. The quantitative estimate of drug-likeness (QED) is 0.388. The van der Waals surface area contributed by atoms with Gasteiger partial charge in [-0.05, 0) is 95.3 Å². The Bertz CT molecular complexity index is 1000. The molecule has 5 nitrogen and oxygen atoms in total. The fourth-order valence-electron chi connectivity index (χ4n) is 6.09. The first kappa shape index (κ1) is 30.0. The van der Waals surface area contributed by atoms with Gasteiger partial charge in [0.1, 0.15) is 11.6 Å². The smallest absolute Gasteiger partial charge is 0.454 e. The average Bonchev–Trinajstić information content (AvgIpc) is 3.62. The van der Waals surface area contributed by atoms with Crippen molar-refractivity contribution in [1.82, 2.24) is 9.80 Å². The van der Waals surface area contributed by atoms with Crippen molar-refractivity contribution in [2.45, 2.75) is 70.1 Å². The molecule has 3 fully saturated rings. The summed E-state index contributed by atoms with van der Waals surface area (Å²) in [6.45, 7) is 3.88. The van der Waals surface area contributed by atoms with Gasteiger partial charge in [0.2, 0.25) is 0 Å². The van der Waals surface area contributed by atoms with E-state index in [4.69, 9.17) is 4.74 Å². The van der Waals surface area contributed by atoms with E-state index in [0.717, 1.165) is 25.7 Å². The van der Waals surface area contributed by atoms with E-state index in [1.807, 2.05) is 0 Å². The predicted octanol–water partition coefficient (Wildman–Crippen LogP) is 5.76. The van der Waals surface area contributed by atoms with E-state index in [9.17, 15) is 36.2 Å². The van der Waals surface area contributed by atoms with Crippen LogP contribution in [0.3, 0.4) is 0 Å². The van der Waals surface area contributed by atoms with Gasteiger partial charge >= 0.3 is 12.1 Å². The van der Waals surface area contributed by atoms with E-state index >= 15 is 0 Å². The number of amides is 1. The molecule has 0 radical (unpaired) electrons. The topological polar surface area (TPSA) is 53.0 Å². The second-order valence-corrected chi connectivity index (χ2v) is 12.0. The van der Waals surface area contributed by atoms with Gasteiger partial charge in [0.15, 0.2) is 0 Å². The van der Waals surface area contributed by atoms with Crippen molar-refractivity contribution < 1.29 is 41.0 Å². The second-order valence-electron chi connectivity index (χ2n) is 12.0. The van der Waals surface area contributed by atoms with Crippen molar-refractivity contribution in [3.63, 3.8) is 0 Å². The maximum Gasteiger partial charge on any atom is 0.454 e. The van der Waals surface area contributed by atoms with Gasteiger partial charge in [-0.2, -0.15) is 22.0 Å². The highest BCUT2D eigenvalue weighted by atomic mass is 19.4. The molecule has 1 amide bonds. The summed E-state index contributed by atoms with van der Waals surface area (Å²) in [4.78, 5) is 15.7. The minimum Gasteiger partial charge on any atom is -0.493 e. The van der Waals surface area contributed by atoms with E-state index in [1.54, 1.807) is 24.8 Å². The Morgan fingerprint density at radius 2 is 1.77 bits per heavy atom. The minimum absolute atomic E-state index is 0.0275. The van der Waals surface area contributed by atoms with Crippen LogP contribution < -0.4 is 4.74 Å². The summed E-state index contributed by atoms with van der Waals surface area (Å²) < 4.78 is 84.6. The summed E-state index contributed by atoms with van der Waals surface area (Å²) in [5.41, 5.74) is -0.943. The van der Waals surface area contributed by atoms with E-state index in [1.165, 1.54) is 17.0 Å². The summed E-state index contributed by atoms with van der Waals surface area (Å²) in [6.07, 6.45) is -1.06. The second kappa shape index (κ2) is 11.5. The number of ether oxygens (including phenoxy) is 1. The molecule has 3 atom stereocenters. The van der Waals surface area contributed by atoms with Crippen LogP contribution in [0.5, 0.6) is 5.75 Å². The molecule has 11 heteroatoms. The van der Waals surface area contributed by atoms with Gasteiger partial charge < -0.3 is 14.7 Å². The number of alkyl halides is 5. The van der Waals surface area contributed by atoms with Gasteiger partial charge in [-0.15, -0.1) is 0 Å². The van der Waals surface area contributed by atoms with Crippen LogP contribution in [-0.4, -0.2) is 77.8 Å². The number of piperidine rings is 2. The highest BCUT2D eigenvalue weighted by Gasteiger charge is 2.58. The molecule has 2 saturated heterocycles. The molecule has 3 unspecified atom stereocenters. The average molecular weight is 565 g/mol. The lowest BCUT2D eigenvalue weighted by molar-refractivity contribution is -0.287. The Morgan fingerprint density at radius 1 is 1.08 bits per heavy atom. The molecule has 0 aromatic heterocycles. The fourth-order valence-corrected chi connectivity index (χ4v) is 6.09. The van der Waals surface area contributed by atoms with Crippen LogP contribution in [0.4, 0.5) is 26.3 Å². The lowest BCUT2D eigenvalue weighted by Gasteiger charge is -2.38. The maximum atomic E-state index is 14.8. The highest BCUT2D eigenvalue weighted by Crippen LogP contribution is 2.50. The van der Waals surface area contributed by atoms with Crippen molar-refractivity contribution in [2.75, 3.05) is 39.3 Å². The van der Waals surface area contributed by atoms with Gasteiger partial charge in [-0.1, -0.05) is 0 Å². The Morgan fingerprint density at radius 3 is 2.38 bits per heavy atom. The molecule has 39 heavy (non-hydrogen) atoms. The van der Waals surface area contributed by atoms with E-state index in [2.05, 4.69) is 0 Å². The molecule has 2 aliphatic heterocycles. The lowest BCUT2D eigenvalue weighted by Crippen LogP contribution is -2.49. The molecule has 4 rings (SSSR count). The van der Waals surface area contributed by atoms with Crippen molar-refractivity contribution in [1.29, 1.82) is 0 Å². The zero-order chi connectivity index (χ0) is 28.6. The van der Waals surface area contributed by atoms with E-state index in [-0.39, 0.29) is 24.6 Å². The molecule has 1 aromatic carbocycles. The molecule has 0 bridgehead atoms. The van der Waals surface area contributed by atoms with E-state index < -0.39 is 36.0 Å². The number of benzene rings is 1. The molecule has 3 aliphatic rings. The molecular formula is C28H38F6N2O3. The minimum atomic E-state index is -5.53. The van der Waals surface area contributed by atoms with Gasteiger partial charge in [0.25, 0.3) is 5.91 Å². The standard InChI is InChI=1S/C28H38F6N2O3/c1-26(2,38)20-4-3-10-36(16-20)25(37)22-6-5-21(15-24(22)29)39-13-9-19-14-23(19)18-7-11-35(12-8-18)17-27(30,31)28(32,33)34/h5-6,15,18-20,23,38H,3-4,7-14,16-17H2,1-2H3. The molecule has 1 aromatic rings. The highest BCUT2D eigenvalue weighted by molar-refractivity contribution is 5.94. The van der Waals surface area contributed by atoms with Gasteiger partial charge in [-0.25, -0.2) is 4.39 Å². The summed E-state index contributed by atoms with van der Waals surface area (Å²) in [5.74, 6) is -4.39. The largest absolute Gasteiger partial charge is 0.493 e. The van der Waals surface area contributed by atoms with Crippen LogP contribution in [-0.2, 0) is 0 Å². The number of aliphatic hydroxyl groups is 1. The van der Waals surface area contributed by atoms with Gasteiger partial charge in [-0.3, -0.25) is 9.69 Å². The number of hydrogen-bond donors (Lipinski definition) is 1. The number of hydrogen-bond acceptors (Lipinski definition) is 4. The summed E-state index contributed by atoms with van der Waals surface area (Å²) in [6, 6.07) is 4.21. The SMILES string of the molecule is CC(C)(O)C1CCCN(C(=O)c2ccc(OCCC3CC3C3CCN(CC(F)(F)C(F)(F)F)CC3)cc2F)C1. The van der Waals surface area contributed by atoms with Crippen molar-refractivity contribution in [3.05, 3.63) is 29.6 Å². The molecule has 1 N–H and O–H groups in total. The van der Waals surface area contributed by atoms with Crippen LogP contribution in [0, 0.1) is 29.5 Å². The maximum absolute atomic E-state index is 14.8. The Kier molecular flexibility index (Phi) is 8.81. The zero-order valence-corrected chi connectivity index (χ0v) is 22.5. The fraction of sp³-hybridized carbons (Fsp3) is 0.750. The van der Waals surface area contributed by atoms with Crippen LogP contribution >= 0.6 is 0 Å².